The number of nitrogens with two attached hydrogens (primary N) is 1. The van der Waals surface area contributed by atoms with E-state index in [-0.39, 0.29) is 29.4 Å². The van der Waals surface area contributed by atoms with Crippen LogP contribution in [0.2, 0.25) is 0 Å². The normalized spacial score (nSPS) is 20.8. The van der Waals surface area contributed by atoms with E-state index in [4.69, 9.17) is 15.5 Å². The Bertz CT molecular complexity index is 1710. The van der Waals surface area contributed by atoms with Gasteiger partial charge in [-0.25, -0.2) is 4.98 Å². The van der Waals surface area contributed by atoms with Crippen molar-refractivity contribution in [1.82, 2.24) is 19.8 Å². The average molecular weight is 689 g/mol. The molecule has 13 heteroatoms. The van der Waals surface area contributed by atoms with E-state index in [2.05, 4.69) is 50.4 Å². The van der Waals surface area contributed by atoms with Crippen LogP contribution in [0.1, 0.15) is 65.9 Å². The van der Waals surface area contributed by atoms with Gasteiger partial charge in [-0.2, -0.15) is 13.8 Å². The zero-order valence-corrected chi connectivity index (χ0v) is 28.8. The van der Waals surface area contributed by atoms with Crippen LogP contribution in [0.3, 0.4) is 0 Å². The van der Waals surface area contributed by atoms with Gasteiger partial charge in [0.15, 0.2) is 5.82 Å². The van der Waals surface area contributed by atoms with Crippen LogP contribution in [-0.4, -0.2) is 97.0 Å². The van der Waals surface area contributed by atoms with Crippen molar-refractivity contribution < 1.29 is 23.1 Å². The second-order valence-corrected chi connectivity index (χ2v) is 14.3. The van der Waals surface area contributed by atoms with Gasteiger partial charge in [0.1, 0.15) is 11.4 Å². The molecule has 1 aliphatic carbocycles. The van der Waals surface area contributed by atoms with Crippen LogP contribution in [0.5, 0.6) is 5.75 Å². The molecule has 4 aliphatic rings. The van der Waals surface area contributed by atoms with Crippen molar-refractivity contribution in [3.8, 4) is 5.75 Å². The number of piperidine rings is 1. The molecule has 1 saturated carbocycles. The minimum absolute atomic E-state index is 0.0417. The molecule has 0 spiro atoms. The number of methoxy groups -OCH3 is 1. The summed E-state index contributed by atoms with van der Waals surface area (Å²) in [6.07, 6.45) is 7.08. The SMILES string of the molecule is COc1c(Nc2ncc3c(n2)N(C2CCCC2)CC(F)(F)C(=O)N3C)ccc(C(N)=O)c1C1CN(CC2CCN(Cc3ccccc3)CC2)C1. The van der Waals surface area contributed by atoms with Crippen molar-refractivity contribution >= 4 is 35.0 Å². The number of rotatable bonds is 10. The summed E-state index contributed by atoms with van der Waals surface area (Å²) in [5.41, 5.74) is 9.13. The summed E-state index contributed by atoms with van der Waals surface area (Å²) in [5.74, 6) is -3.78. The Hall–Kier alpha value is -4.36. The van der Waals surface area contributed by atoms with E-state index >= 15 is 8.78 Å². The first-order valence-corrected chi connectivity index (χ1v) is 17.7. The third-order valence-corrected chi connectivity index (χ3v) is 10.9. The Balaban J connectivity index is 1.07. The molecule has 0 bridgehead atoms. The second-order valence-electron chi connectivity index (χ2n) is 14.3. The maximum absolute atomic E-state index is 15.1. The van der Waals surface area contributed by atoms with Crippen molar-refractivity contribution in [3.63, 3.8) is 0 Å². The third-order valence-electron chi connectivity index (χ3n) is 10.9. The molecule has 0 unspecified atom stereocenters. The van der Waals surface area contributed by atoms with Crippen LogP contribution in [0.4, 0.5) is 31.9 Å². The summed E-state index contributed by atoms with van der Waals surface area (Å²) in [6, 6.07) is 13.8. The highest BCUT2D eigenvalue weighted by Crippen LogP contribution is 2.43. The van der Waals surface area contributed by atoms with Crippen LogP contribution >= 0.6 is 0 Å². The number of nitrogens with one attached hydrogen (secondary N) is 1. The van der Waals surface area contributed by atoms with Crippen molar-refractivity contribution in [2.24, 2.45) is 11.7 Å². The number of ether oxygens (including phenoxy) is 1. The monoisotopic (exact) mass is 688 g/mol. The van der Waals surface area contributed by atoms with Gasteiger partial charge in [0.2, 0.25) is 11.9 Å². The van der Waals surface area contributed by atoms with Gasteiger partial charge in [-0.05, 0) is 62.4 Å². The molecular formula is C37H46F2N8O3. The summed E-state index contributed by atoms with van der Waals surface area (Å²) in [4.78, 5) is 42.0. The number of likely N-dealkylation sites (tertiary alicyclic amines) is 2. The van der Waals surface area contributed by atoms with E-state index in [0.29, 0.717) is 22.9 Å². The maximum Gasteiger partial charge on any atom is 0.342 e. The van der Waals surface area contributed by atoms with E-state index in [1.807, 2.05) is 0 Å². The van der Waals surface area contributed by atoms with Crippen molar-refractivity contribution in [2.45, 2.75) is 63.0 Å². The van der Waals surface area contributed by atoms with E-state index in [1.165, 1.54) is 18.8 Å². The van der Waals surface area contributed by atoms with Gasteiger partial charge in [-0.1, -0.05) is 43.2 Å². The average Bonchev–Trinajstić information content (AvgIpc) is 3.62. The minimum atomic E-state index is -3.56. The Morgan fingerprint density at radius 2 is 1.76 bits per heavy atom. The highest BCUT2D eigenvalue weighted by Gasteiger charge is 2.49. The number of anilines is 4. The predicted octanol–water partition coefficient (Wildman–Crippen LogP) is 5.00. The number of alkyl halides is 2. The standard InChI is InChI=1S/C37H46F2N8O3/c1-44-30-18-41-36(43-34(30)47(27-10-6-7-11-27)23-37(38,39)35(44)49)42-29-13-12-28(33(40)48)31(32(29)50-2)26-21-46(22-26)20-25-14-16-45(17-15-25)19-24-8-4-3-5-9-24/h3-5,8-9,12-13,18,25-27H,6-7,10-11,14-17,19-23H2,1-2H3,(H2,40,48)(H,41,42,43). The Morgan fingerprint density at radius 1 is 1.04 bits per heavy atom. The zero-order chi connectivity index (χ0) is 35.0. The molecule has 1 aromatic heterocycles. The lowest BCUT2D eigenvalue weighted by Crippen LogP contribution is -2.49. The fraction of sp³-hybridized carbons (Fsp3) is 0.514. The van der Waals surface area contributed by atoms with Crippen molar-refractivity contribution in [1.29, 1.82) is 0 Å². The van der Waals surface area contributed by atoms with Crippen molar-refractivity contribution in [3.05, 3.63) is 65.4 Å². The number of nitrogens with zero attached hydrogens (tertiary/aromatic N) is 6. The largest absolute Gasteiger partial charge is 0.494 e. The molecule has 4 heterocycles. The lowest BCUT2D eigenvalue weighted by Gasteiger charge is -2.44. The van der Waals surface area contributed by atoms with Crippen LogP contribution < -0.4 is 25.6 Å². The number of fused-ring (bicyclic) bond motifs is 1. The second kappa shape index (κ2) is 14.1. The molecule has 50 heavy (non-hydrogen) atoms. The number of halogens is 2. The zero-order valence-electron chi connectivity index (χ0n) is 28.8. The number of carbonyl (C=O) groups excluding carboxylic acids is 2. The van der Waals surface area contributed by atoms with E-state index < -0.39 is 24.3 Å². The number of primary amides is 1. The topological polar surface area (TPSA) is 120 Å². The molecule has 3 aromatic rings. The quantitative estimate of drug-likeness (QED) is 0.303. The summed E-state index contributed by atoms with van der Waals surface area (Å²) in [5, 5.41) is 3.22. The van der Waals surface area contributed by atoms with Crippen LogP contribution in [0.25, 0.3) is 0 Å². The molecule has 3 N–H and O–H groups in total. The molecule has 2 aromatic carbocycles. The Labute approximate surface area is 291 Å². The van der Waals surface area contributed by atoms with Gasteiger partial charge in [0.05, 0.1) is 25.5 Å². The number of hydrogen-bond donors (Lipinski definition) is 2. The molecule has 0 atom stereocenters. The molecule has 2 amide bonds. The molecule has 0 radical (unpaired) electrons. The third kappa shape index (κ3) is 6.85. The van der Waals surface area contributed by atoms with Gasteiger partial charge < -0.3 is 30.5 Å². The number of aromatic nitrogens is 2. The Morgan fingerprint density at radius 3 is 2.44 bits per heavy atom. The van der Waals surface area contributed by atoms with Gasteiger partial charge in [-0.15, -0.1) is 0 Å². The van der Waals surface area contributed by atoms with Gasteiger partial charge in [-0.3, -0.25) is 14.5 Å². The molecule has 7 rings (SSSR count). The molecular weight excluding hydrogens is 642 g/mol. The number of hydrogen-bond acceptors (Lipinski definition) is 9. The van der Waals surface area contributed by atoms with Crippen LogP contribution in [0.15, 0.2) is 48.7 Å². The van der Waals surface area contributed by atoms with E-state index in [9.17, 15) is 9.59 Å². The van der Waals surface area contributed by atoms with E-state index in [1.54, 1.807) is 24.1 Å². The summed E-state index contributed by atoms with van der Waals surface area (Å²) in [7, 11) is 2.88. The molecule has 3 fully saturated rings. The van der Waals surface area contributed by atoms with Crippen LogP contribution in [-0.2, 0) is 11.3 Å². The lowest BCUT2D eigenvalue weighted by atomic mass is 9.85. The highest BCUT2D eigenvalue weighted by molar-refractivity contribution is 6.02. The van der Waals surface area contributed by atoms with Gasteiger partial charge in [0, 0.05) is 56.3 Å². The van der Waals surface area contributed by atoms with Crippen molar-refractivity contribution in [2.75, 3.05) is 68.5 Å². The lowest BCUT2D eigenvalue weighted by molar-refractivity contribution is -0.140. The predicted molar refractivity (Wildman–Crippen MR) is 188 cm³/mol. The molecule has 11 nitrogen and oxygen atoms in total. The number of benzene rings is 2. The Kier molecular flexibility index (Phi) is 9.62. The van der Waals surface area contributed by atoms with E-state index in [0.717, 1.165) is 88.3 Å². The first-order chi connectivity index (χ1) is 24.1. The molecule has 2 saturated heterocycles. The number of amides is 2. The number of carbonyl (C=O) groups is 2. The first kappa shape index (κ1) is 34.1. The first-order valence-electron chi connectivity index (χ1n) is 17.7. The molecule has 3 aliphatic heterocycles. The van der Waals surface area contributed by atoms with Crippen LogP contribution in [0, 0.1) is 5.92 Å². The van der Waals surface area contributed by atoms with Gasteiger partial charge in [0.25, 0.3) is 5.91 Å². The minimum Gasteiger partial charge on any atom is -0.494 e. The fourth-order valence-electron chi connectivity index (χ4n) is 8.20. The fourth-order valence-corrected chi connectivity index (χ4v) is 8.20. The summed E-state index contributed by atoms with van der Waals surface area (Å²) >= 11 is 0. The maximum atomic E-state index is 15.1. The summed E-state index contributed by atoms with van der Waals surface area (Å²) < 4.78 is 36.1. The molecule has 266 valence electrons. The summed E-state index contributed by atoms with van der Waals surface area (Å²) in [6.45, 7) is 5.00. The smallest absolute Gasteiger partial charge is 0.342 e. The van der Waals surface area contributed by atoms with Gasteiger partial charge >= 0.3 is 5.92 Å². The highest BCUT2D eigenvalue weighted by atomic mass is 19.3.